The molecule has 0 saturated heterocycles. The van der Waals surface area contributed by atoms with E-state index in [0.717, 1.165) is 43.3 Å². The summed E-state index contributed by atoms with van der Waals surface area (Å²) < 4.78 is 12.5. The average Bonchev–Trinajstić information content (AvgIpc) is 3.62. The van der Waals surface area contributed by atoms with Gasteiger partial charge in [0, 0.05) is 21.8 Å². The lowest BCUT2D eigenvalue weighted by atomic mass is 9.61. The molecule has 3 heteroatoms. The predicted octanol–water partition coefficient (Wildman–Crippen LogP) is 12.0. The molecule has 2 atom stereocenters. The number of para-hydroxylation sites is 2. The van der Waals surface area contributed by atoms with Crippen molar-refractivity contribution < 1.29 is 8.98 Å². The van der Waals surface area contributed by atoms with E-state index in [1.165, 1.54) is 74.0 Å². The van der Waals surface area contributed by atoms with Crippen LogP contribution in [0, 0.1) is 11.8 Å². The number of hydrogen-bond donors (Lipinski definition) is 0. The van der Waals surface area contributed by atoms with Crippen LogP contribution in [0.4, 0.5) is 0 Å². The molecule has 7 rings (SSSR count). The fourth-order valence-corrected chi connectivity index (χ4v) is 9.05. The van der Waals surface area contributed by atoms with Gasteiger partial charge in [-0.05, 0) is 98.2 Å². The van der Waals surface area contributed by atoms with Gasteiger partial charge in [0.2, 0.25) is 0 Å². The Kier molecular flexibility index (Phi) is 8.33. The molecule has 0 spiro atoms. The van der Waals surface area contributed by atoms with Crippen molar-refractivity contribution in [1.82, 2.24) is 4.57 Å². The Morgan fingerprint density at radius 3 is 2.21 bits per heavy atom. The highest BCUT2D eigenvalue weighted by Gasteiger charge is 2.56. The zero-order valence-electron chi connectivity index (χ0n) is 30.8. The number of fused-ring (bicyclic) bond motifs is 8. The van der Waals surface area contributed by atoms with Crippen LogP contribution in [0.15, 0.2) is 77.2 Å². The smallest absolute Gasteiger partial charge is 0.295 e. The standard InChI is InChI=1S/C45H55N2O/c1-10-13-18-31-23-24-35-39(27-31)48-42-40(35)32(25-29(4)5)28-33(26-30(6)7)41(42)46-37-21-16-17-22-38(37)47-43(46)34-19-14-15-20-36(34)44(8,11-2)45(47,9)12-3/h14-17,19-24,27-30H,10-13,18,25-26H2,1-9H3/q+1. The molecule has 2 unspecified atom stereocenters. The molecule has 1 aliphatic rings. The highest BCUT2D eigenvalue weighted by atomic mass is 16.3. The third kappa shape index (κ3) is 4.78. The molecule has 0 N–H and O–H groups in total. The Labute approximate surface area is 288 Å². The maximum absolute atomic E-state index is 7.21. The summed E-state index contributed by atoms with van der Waals surface area (Å²) in [6.07, 6.45) is 7.58. The zero-order valence-corrected chi connectivity index (χ0v) is 30.8. The van der Waals surface area contributed by atoms with Gasteiger partial charge in [0.15, 0.2) is 22.3 Å². The Morgan fingerprint density at radius 1 is 0.792 bits per heavy atom. The van der Waals surface area contributed by atoms with E-state index in [-0.39, 0.29) is 11.0 Å². The van der Waals surface area contributed by atoms with Gasteiger partial charge >= 0.3 is 0 Å². The first kappa shape index (κ1) is 32.7. The molecule has 0 fully saturated rings. The second-order valence-corrected chi connectivity index (χ2v) is 15.8. The highest BCUT2D eigenvalue weighted by molar-refractivity contribution is 6.10. The molecule has 2 aromatic heterocycles. The summed E-state index contributed by atoms with van der Waals surface area (Å²) >= 11 is 0. The molecule has 0 aliphatic carbocycles. The molecule has 3 nitrogen and oxygen atoms in total. The fraction of sp³-hybridized carbons (Fsp3) is 0.444. The normalized spacial score (nSPS) is 19.2. The third-order valence-corrected chi connectivity index (χ3v) is 11.9. The van der Waals surface area contributed by atoms with Crippen LogP contribution >= 0.6 is 0 Å². The predicted molar refractivity (Wildman–Crippen MR) is 203 cm³/mol. The van der Waals surface area contributed by atoms with Crippen LogP contribution in [-0.4, -0.2) is 4.57 Å². The Hall–Kier alpha value is -3.85. The Morgan fingerprint density at radius 2 is 1.50 bits per heavy atom. The van der Waals surface area contributed by atoms with Crippen molar-refractivity contribution in [2.75, 3.05) is 0 Å². The highest BCUT2D eigenvalue weighted by Crippen LogP contribution is 2.52. The molecular weight excluding hydrogens is 585 g/mol. The summed E-state index contributed by atoms with van der Waals surface area (Å²) in [7, 11) is 0. The van der Waals surface area contributed by atoms with Crippen LogP contribution in [0.3, 0.4) is 0 Å². The lowest BCUT2D eigenvalue weighted by molar-refractivity contribution is -0.743. The quantitative estimate of drug-likeness (QED) is 0.137. The summed E-state index contributed by atoms with van der Waals surface area (Å²) in [5, 5.41) is 2.54. The van der Waals surface area contributed by atoms with Crippen molar-refractivity contribution in [3.63, 3.8) is 0 Å². The molecule has 6 aromatic rings. The van der Waals surface area contributed by atoms with Crippen molar-refractivity contribution in [3.8, 4) is 17.1 Å². The van der Waals surface area contributed by atoms with Crippen LogP contribution in [0.1, 0.15) is 110 Å². The number of aryl methyl sites for hydroxylation is 1. The van der Waals surface area contributed by atoms with Crippen molar-refractivity contribution in [3.05, 3.63) is 95.1 Å². The van der Waals surface area contributed by atoms with Gasteiger partial charge in [-0.1, -0.05) is 110 Å². The monoisotopic (exact) mass is 639 g/mol. The number of aromatic nitrogens is 2. The molecule has 0 amide bonds. The first-order valence-electron chi connectivity index (χ1n) is 18.7. The van der Waals surface area contributed by atoms with E-state index in [4.69, 9.17) is 4.42 Å². The van der Waals surface area contributed by atoms with E-state index in [9.17, 15) is 0 Å². The van der Waals surface area contributed by atoms with Crippen LogP contribution in [0.25, 0.3) is 50.0 Å². The number of unbranched alkanes of at least 4 members (excludes halogenated alkanes) is 1. The van der Waals surface area contributed by atoms with Gasteiger partial charge in [0.1, 0.15) is 11.1 Å². The maximum Gasteiger partial charge on any atom is 0.295 e. The van der Waals surface area contributed by atoms with Gasteiger partial charge in [-0.2, -0.15) is 4.57 Å². The molecule has 48 heavy (non-hydrogen) atoms. The van der Waals surface area contributed by atoms with Crippen LogP contribution in [0.2, 0.25) is 0 Å². The van der Waals surface area contributed by atoms with E-state index in [0.29, 0.717) is 11.8 Å². The van der Waals surface area contributed by atoms with Crippen LogP contribution in [0.5, 0.6) is 0 Å². The van der Waals surface area contributed by atoms with Crippen molar-refractivity contribution >= 4 is 33.0 Å². The minimum absolute atomic E-state index is 0.0313. The van der Waals surface area contributed by atoms with Crippen LogP contribution in [-0.2, 0) is 30.2 Å². The first-order chi connectivity index (χ1) is 23.1. The van der Waals surface area contributed by atoms with E-state index >= 15 is 0 Å². The molecule has 0 saturated carbocycles. The largest absolute Gasteiger partial charge is 0.452 e. The molecular formula is C45H55N2O+. The number of furan rings is 1. The van der Waals surface area contributed by atoms with Gasteiger partial charge < -0.3 is 4.42 Å². The molecule has 3 heterocycles. The molecule has 0 bridgehead atoms. The van der Waals surface area contributed by atoms with Crippen LogP contribution < -0.4 is 4.57 Å². The summed E-state index contributed by atoms with van der Waals surface area (Å²) in [6.45, 7) is 21.4. The van der Waals surface area contributed by atoms with Crippen molar-refractivity contribution in [2.45, 2.75) is 118 Å². The number of imidazole rings is 1. The minimum Gasteiger partial charge on any atom is -0.452 e. The van der Waals surface area contributed by atoms with Gasteiger partial charge in [-0.3, -0.25) is 0 Å². The van der Waals surface area contributed by atoms with Crippen molar-refractivity contribution in [2.24, 2.45) is 11.8 Å². The fourth-order valence-electron chi connectivity index (χ4n) is 9.05. The SMILES string of the molecule is CCCCc1ccc2c(c1)oc1c(-n3c4[n+](c5ccccc53)C(C)(CC)C(C)(CC)c3ccccc3-4)c(CC(C)C)cc(CC(C)C)c12. The second-order valence-electron chi connectivity index (χ2n) is 15.8. The number of nitrogens with zero attached hydrogens (tertiary/aromatic N) is 2. The zero-order chi connectivity index (χ0) is 34.0. The molecule has 250 valence electrons. The van der Waals surface area contributed by atoms with Gasteiger partial charge in [-0.25, -0.2) is 4.57 Å². The van der Waals surface area contributed by atoms with E-state index < -0.39 is 0 Å². The topological polar surface area (TPSA) is 21.9 Å². The maximum atomic E-state index is 7.21. The summed E-state index contributed by atoms with van der Waals surface area (Å²) in [5.74, 6) is 2.31. The first-order valence-corrected chi connectivity index (χ1v) is 18.7. The number of hydrogen-bond acceptors (Lipinski definition) is 1. The Bertz CT molecular complexity index is 2140. The third-order valence-electron chi connectivity index (χ3n) is 11.9. The summed E-state index contributed by atoms with van der Waals surface area (Å²) in [5.41, 5.74) is 12.6. The molecule has 0 radical (unpaired) electrons. The average molecular weight is 640 g/mol. The van der Waals surface area contributed by atoms with Gasteiger partial charge in [0.25, 0.3) is 5.82 Å². The number of benzene rings is 4. The van der Waals surface area contributed by atoms with E-state index in [1.807, 2.05) is 0 Å². The lowest BCUT2D eigenvalue weighted by Crippen LogP contribution is -2.67. The van der Waals surface area contributed by atoms with Crippen molar-refractivity contribution in [1.29, 1.82) is 0 Å². The summed E-state index contributed by atoms with van der Waals surface area (Å²) in [4.78, 5) is 0. The molecule has 1 aliphatic heterocycles. The van der Waals surface area contributed by atoms with Gasteiger partial charge in [0.05, 0.1) is 5.56 Å². The van der Waals surface area contributed by atoms with E-state index in [2.05, 4.69) is 144 Å². The summed E-state index contributed by atoms with van der Waals surface area (Å²) in [6, 6.07) is 27.9. The molecule has 4 aromatic carbocycles. The van der Waals surface area contributed by atoms with E-state index in [1.54, 1.807) is 0 Å². The van der Waals surface area contributed by atoms with Gasteiger partial charge in [-0.15, -0.1) is 0 Å². The minimum atomic E-state index is -0.132. The number of rotatable bonds is 10. The second kappa shape index (κ2) is 12.2. The Balaban J connectivity index is 1.68. The lowest BCUT2D eigenvalue weighted by Gasteiger charge is -2.47.